The van der Waals surface area contributed by atoms with Crippen LogP contribution in [0.2, 0.25) is 0 Å². The van der Waals surface area contributed by atoms with Gasteiger partial charge in [0, 0.05) is 19.9 Å². The molecule has 2 aliphatic heterocycles. The van der Waals surface area contributed by atoms with Crippen molar-refractivity contribution in [2.45, 2.75) is 32.5 Å². The molecule has 23 heavy (non-hydrogen) atoms. The van der Waals surface area contributed by atoms with E-state index >= 15 is 0 Å². The lowest BCUT2D eigenvalue weighted by Gasteiger charge is -2.32. The molecule has 0 aliphatic carbocycles. The van der Waals surface area contributed by atoms with Crippen LogP contribution in [0.15, 0.2) is 0 Å². The molecule has 0 unspecified atom stereocenters. The number of carboxylic acids is 1. The number of likely N-dealkylation sites (tertiary alicyclic amines) is 1. The van der Waals surface area contributed by atoms with Crippen molar-refractivity contribution in [3.63, 3.8) is 0 Å². The predicted molar refractivity (Wildman–Crippen MR) is 71.2 cm³/mol. The molecule has 2 heterocycles. The van der Waals surface area contributed by atoms with Crippen molar-refractivity contribution < 1.29 is 37.4 Å². The van der Waals surface area contributed by atoms with Gasteiger partial charge in [-0.25, -0.2) is 4.79 Å². The number of nitrogens with one attached hydrogen (secondary N) is 1. The first-order chi connectivity index (χ1) is 10.5. The summed E-state index contributed by atoms with van der Waals surface area (Å²) in [5.74, 6) is -2.55. The van der Waals surface area contributed by atoms with Crippen LogP contribution >= 0.6 is 0 Å². The van der Waals surface area contributed by atoms with Crippen molar-refractivity contribution >= 4 is 17.8 Å². The van der Waals surface area contributed by atoms with E-state index in [1.807, 2.05) is 0 Å². The lowest BCUT2D eigenvalue weighted by atomic mass is 9.78. The van der Waals surface area contributed by atoms with Gasteiger partial charge in [-0.1, -0.05) is 0 Å². The zero-order valence-electron chi connectivity index (χ0n) is 12.6. The highest BCUT2D eigenvalue weighted by molar-refractivity contribution is 5.84. The van der Waals surface area contributed by atoms with E-state index in [9.17, 15) is 22.8 Å². The summed E-state index contributed by atoms with van der Waals surface area (Å²) >= 11 is 0. The Morgan fingerprint density at radius 1 is 1.35 bits per heavy atom. The highest BCUT2D eigenvalue weighted by Crippen LogP contribution is 2.39. The Hall–Kier alpha value is -1.84. The molecule has 1 spiro atoms. The number of hydrogen-bond acceptors (Lipinski definition) is 5. The van der Waals surface area contributed by atoms with E-state index in [2.05, 4.69) is 10.1 Å². The fourth-order valence-electron chi connectivity index (χ4n) is 2.73. The SMILES string of the molecule is CC(=O)O.O=C(CN1CC2(CCNCC2)CC1=O)OC(F)(F)F. The normalized spacial score (nSPS) is 20.0. The molecule has 2 rings (SSSR count). The van der Waals surface area contributed by atoms with E-state index in [1.165, 1.54) is 4.90 Å². The Morgan fingerprint density at radius 2 is 1.87 bits per heavy atom. The Labute approximate surface area is 130 Å². The first-order valence-electron chi connectivity index (χ1n) is 7.00. The Kier molecular flexibility index (Phi) is 6.37. The zero-order chi connectivity index (χ0) is 17.7. The first-order valence-corrected chi connectivity index (χ1v) is 7.00. The van der Waals surface area contributed by atoms with Crippen LogP contribution in [0.5, 0.6) is 0 Å². The molecule has 0 aromatic carbocycles. The topological polar surface area (TPSA) is 95.9 Å². The van der Waals surface area contributed by atoms with Crippen LogP contribution in [0.3, 0.4) is 0 Å². The maximum atomic E-state index is 11.9. The van der Waals surface area contributed by atoms with Gasteiger partial charge < -0.3 is 20.1 Å². The van der Waals surface area contributed by atoms with Crippen LogP contribution in [0.4, 0.5) is 13.2 Å². The molecule has 1 amide bonds. The summed E-state index contributed by atoms with van der Waals surface area (Å²) in [6.07, 6.45) is -3.10. The largest absolute Gasteiger partial charge is 0.575 e. The molecule has 7 nitrogen and oxygen atoms in total. The van der Waals surface area contributed by atoms with Crippen LogP contribution < -0.4 is 5.32 Å². The second-order valence-corrected chi connectivity index (χ2v) is 5.62. The number of carbonyl (C=O) groups excluding carboxylic acids is 2. The highest BCUT2D eigenvalue weighted by atomic mass is 19.4. The van der Waals surface area contributed by atoms with Gasteiger partial charge in [0.1, 0.15) is 6.54 Å². The number of amides is 1. The maximum Gasteiger partial charge on any atom is 0.575 e. The third kappa shape index (κ3) is 6.85. The number of esters is 1. The number of ether oxygens (including phenoxy) is 1. The zero-order valence-corrected chi connectivity index (χ0v) is 12.6. The van der Waals surface area contributed by atoms with E-state index < -0.39 is 24.8 Å². The summed E-state index contributed by atoms with van der Waals surface area (Å²) in [5, 5.41) is 10.6. The molecular formula is C13H19F3N2O5. The van der Waals surface area contributed by atoms with E-state index in [4.69, 9.17) is 9.90 Å². The summed E-state index contributed by atoms with van der Waals surface area (Å²) in [7, 11) is 0. The van der Waals surface area contributed by atoms with E-state index in [-0.39, 0.29) is 11.3 Å². The summed E-state index contributed by atoms with van der Waals surface area (Å²) < 4.78 is 38.9. The lowest BCUT2D eigenvalue weighted by Crippen LogP contribution is -2.40. The minimum atomic E-state index is -4.99. The van der Waals surface area contributed by atoms with Crippen LogP contribution in [-0.4, -0.2) is 60.4 Å². The summed E-state index contributed by atoms with van der Waals surface area (Å²) in [6.45, 7) is 2.36. The minimum Gasteiger partial charge on any atom is -0.481 e. The number of halogens is 3. The second kappa shape index (κ2) is 7.62. The van der Waals surface area contributed by atoms with Crippen LogP contribution in [0.25, 0.3) is 0 Å². The molecule has 0 aromatic heterocycles. The van der Waals surface area contributed by atoms with Crippen molar-refractivity contribution in [2.24, 2.45) is 5.41 Å². The van der Waals surface area contributed by atoms with Gasteiger partial charge in [-0.3, -0.25) is 9.59 Å². The van der Waals surface area contributed by atoms with Gasteiger partial charge in [0.25, 0.3) is 5.97 Å². The molecule has 2 saturated heterocycles. The van der Waals surface area contributed by atoms with Crippen molar-refractivity contribution in [3.8, 4) is 0 Å². The van der Waals surface area contributed by atoms with Crippen molar-refractivity contribution in [3.05, 3.63) is 0 Å². The van der Waals surface area contributed by atoms with E-state index in [1.54, 1.807) is 0 Å². The number of nitrogens with zero attached hydrogens (tertiary/aromatic N) is 1. The fraction of sp³-hybridized carbons (Fsp3) is 0.769. The van der Waals surface area contributed by atoms with Crippen molar-refractivity contribution in [1.29, 1.82) is 0 Å². The molecule has 2 fully saturated rings. The number of alkyl halides is 3. The van der Waals surface area contributed by atoms with Crippen molar-refractivity contribution in [2.75, 3.05) is 26.2 Å². The smallest absolute Gasteiger partial charge is 0.481 e. The maximum absolute atomic E-state index is 11.9. The number of carbonyl (C=O) groups is 3. The van der Waals surface area contributed by atoms with Gasteiger partial charge in [-0.2, -0.15) is 0 Å². The Balaban J connectivity index is 0.000000593. The minimum absolute atomic E-state index is 0.194. The second-order valence-electron chi connectivity index (χ2n) is 5.62. The highest BCUT2D eigenvalue weighted by Gasteiger charge is 2.45. The van der Waals surface area contributed by atoms with Gasteiger partial charge in [0.05, 0.1) is 0 Å². The quantitative estimate of drug-likeness (QED) is 0.720. The summed E-state index contributed by atoms with van der Waals surface area (Å²) in [4.78, 5) is 33.0. The van der Waals surface area contributed by atoms with Crippen LogP contribution in [-0.2, 0) is 19.1 Å². The summed E-state index contributed by atoms with van der Waals surface area (Å²) in [6, 6.07) is 0. The third-order valence-electron chi connectivity index (χ3n) is 3.62. The third-order valence-corrected chi connectivity index (χ3v) is 3.62. The molecule has 0 radical (unpaired) electrons. The number of carboxylic acid groups (broad SMARTS) is 1. The number of aliphatic carboxylic acids is 1. The molecule has 0 aromatic rings. The lowest BCUT2D eigenvalue weighted by molar-refractivity contribution is -0.305. The molecule has 0 saturated carbocycles. The number of hydrogen-bond donors (Lipinski definition) is 2. The summed E-state index contributed by atoms with van der Waals surface area (Å²) in [5.41, 5.74) is -0.194. The average molecular weight is 340 g/mol. The molecule has 132 valence electrons. The Bertz CT molecular complexity index is 457. The van der Waals surface area contributed by atoms with E-state index in [0.29, 0.717) is 13.0 Å². The van der Waals surface area contributed by atoms with Gasteiger partial charge in [0.15, 0.2) is 0 Å². The average Bonchev–Trinajstić information content (AvgIpc) is 2.63. The van der Waals surface area contributed by atoms with Gasteiger partial charge >= 0.3 is 12.3 Å². The monoisotopic (exact) mass is 340 g/mol. The first kappa shape index (κ1) is 19.2. The van der Waals surface area contributed by atoms with Crippen LogP contribution in [0.1, 0.15) is 26.2 Å². The number of rotatable bonds is 2. The van der Waals surface area contributed by atoms with Crippen molar-refractivity contribution in [1.82, 2.24) is 10.2 Å². The molecule has 0 atom stereocenters. The van der Waals surface area contributed by atoms with Gasteiger partial charge in [-0.15, -0.1) is 13.2 Å². The van der Waals surface area contributed by atoms with Crippen LogP contribution in [0, 0.1) is 5.41 Å². The predicted octanol–water partition coefficient (Wildman–Crippen LogP) is 0.742. The van der Waals surface area contributed by atoms with Gasteiger partial charge in [-0.05, 0) is 31.3 Å². The Morgan fingerprint density at radius 3 is 2.35 bits per heavy atom. The number of piperidine rings is 1. The fourth-order valence-corrected chi connectivity index (χ4v) is 2.73. The molecule has 2 aliphatic rings. The molecule has 10 heteroatoms. The van der Waals surface area contributed by atoms with Gasteiger partial charge in [0.2, 0.25) is 5.91 Å². The molecule has 0 bridgehead atoms. The standard InChI is InChI=1S/C11H15F3N2O3.C2H4O2/c12-11(13,14)19-9(18)6-16-7-10(5-8(16)17)1-3-15-4-2-10;1-2(3)4/h15H,1-7H2;1H3,(H,3,4). The molecular weight excluding hydrogens is 321 g/mol. The molecule has 2 N–H and O–H groups in total. The van der Waals surface area contributed by atoms with E-state index in [0.717, 1.165) is 32.9 Å².